The fourth-order valence-corrected chi connectivity index (χ4v) is 2.78. The Labute approximate surface area is 126 Å². The summed E-state index contributed by atoms with van der Waals surface area (Å²) in [6.07, 6.45) is 0. The molecular formula is C14H19N5O3. The van der Waals surface area contributed by atoms with E-state index in [-0.39, 0.29) is 16.5 Å². The average molecular weight is 305 g/mol. The number of piperazine rings is 1. The number of nitrogens with one attached hydrogen (secondary N) is 1. The quantitative estimate of drug-likeness (QED) is 0.706. The van der Waals surface area contributed by atoms with Crippen LogP contribution in [0.4, 0.5) is 5.82 Å². The van der Waals surface area contributed by atoms with Gasteiger partial charge in [-0.1, -0.05) is 0 Å². The Morgan fingerprint density at radius 2 is 1.59 bits per heavy atom. The molecule has 3 heterocycles. The van der Waals surface area contributed by atoms with Crippen LogP contribution in [0.1, 0.15) is 0 Å². The highest BCUT2D eigenvalue weighted by Gasteiger charge is 2.18. The van der Waals surface area contributed by atoms with Gasteiger partial charge in [-0.05, 0) is 7.05 Å². The highest BCUT2D eigenvalue weighted by Crippen LogP contribution is 2.13. The van der Waals surface area contributed by atoms with Crippen molar-refractivity contribution in [3.63, 3.8) is 0 Å². The summed E-state index contributed by atoms with van der Waals surface area (Å²) < 4.78 is 2.25. The van der Waals surface area contributed by atoms with Crippen LogP contribution in [0.25, 0.3) is 11.0 Å². The molecule has 118 valence electrons. The Morgan fingerprint density at radius 1 is 0.955 bits per heavy atom. The summed E-state index contributed by atoms with van der Waals surface area (Å²) in [6.45, 7) is 3.37. The van der Waals surface area contributed by atoms with Crippen LogP contribution in [0.5, 0.6) is 0 Å². The molecule has 2 aromatic heterocycles. The van der Waals surface area contributed by atoms with Crippen molar-refractivity contribution >= 4 is 16.9 Å². The third-order valence-corrected chi connectivity index (χ3v) is 4.27. The molecule has 0 spiro atoms. The molecule has 2 aromatic rings. The zero-order chi connectivity index (χ0) is 16.0. The van der Waals surface area contributed by atoms with Crippen molar-refractivity contribution in [3.8, 4) is 0 Å². The largest absolute Gasteiger partial charge is 0.355 e. The van der Waals surface area contributed by atoms with Gasteiger partial charge in [-0.15, -0.1) is 0 Å². The van der Waals surface area contributed by atoms with Gasteiger partial charge in [-0.25, -0.2) is 4.79 Å². The molecule has 1 saturated heterocycles. The highest BCUT2D eigenvalue weighted by atomic mass is 16.2. The molecule has 0 aliphatic carbocycles. The molecule has 1 N–H and O–H groups in total. The van der Waals surface area contributed by atoms with E-state index in [1.54, 1.807) is 7.05 Å². The topological polar surface area (TPSA) is 83.3 Å². The van der Waals surface area contributed by atoms with E-state index in [0.29, 0.717) is 5.82 Å². The summed E-state index contributed by atoms with van der Waals surface area (Å²) in [6, 6.07) is 1.44. The summed E-state index contributed by atoms with van der Waals surface area (Å²) in [7, 11) is 4.97. The summed E-state index contributed by atoms with van der Waals surface area (Å²) in [4.78, 5) is 43.9. The number of aromatic amines is 1. The molecule has 0 bridgehead atoms. The predicted octanol–water partition coefficient (Wildman–Crippen LogP) is -1.32. The van der Waals surface area contributed by atoms with Crippen molar-refractivity contribution in [1.29, 1.82) is 0 Å². The number of pyridine rings is 1. The number of rotatable bonds is 1. The van der Waals surface area contributed by atoms with Gasteiger partial charge < -0.3 is 14.8 Å². The van der Waals surface area contributed by atoms with E-state index in [1.165, 1.54) is 17.7 Å². The average Bonchev–Trinajstić information content (AvgIpc) is 2.50. The van der Waals surface area contributed by atoms with Gasteiger partial charge in [-0.2, -0.15) is 0 Å². The van der Waals surface area contributed by atoms with Gasteiger partial charge in [0.1, 0.15) is 16.9 Å². The third kappa shape index (κ3) is 2.16. The van der Waals surface area contributed by atoms with Gasteiger partial charge in [0.2, 0.25) is 0 Å². The smallest absolute Gasteiger partial charge is 0.332 e. The van der Waals surface area contributed by atoms with E-state index in [9.17, 15) is 14.4 Å². The van der Waals surface area contributed by atoms with E-state index < -0.39 is 11.2 Å². The standard InChI is InChI=1S/C14H19N5O3/c1-16-4-6-19(7-5-16)10-8-9(20)11-12(15-10)17(2)14(22)18(3)13(11)21/h8H,4-7H2,1-3H3,(H,15,20). The number of H-pyrrole nitrogens is 1. The first-order valence-electron chi connectivity index (χ1n) is 7.16. The van der Waals surface area contributed by atoms with Gasteiger partial charge >= 0.3 is 5.69 Å². The molecule has 0 radical (unpaired) electrons. The van der Waals surface area contributed by atoms with Gasteiger partial charge in [0.25, 0.3) is 5.56 Å². The van der Waals surface area contributed by atoms with Crippen molar-refractivity contribution in [2.24, 2.45) is 14.1 Å². The second-order valence-electron chi connectivity index (χ2n) is 5.74. The van der Waals surface area contributed by atoms with Crippen LogP contribution in [0.2, 0.25) is 0 Å². The van der Waals surface area contributed by atoms with Gasteiger partial charge in [-0.3, -0.25) is 18.7 Å². The number of likely N-dealkylation sites (N-methyl/N-ethyl adjacent to an activating group) is 1. The van der Waals surface area contributed by atoms with Crippen molar-refractivity contribution in [2.75, 3.05) is 38.1 Å². The monoisotopic (exact) mass is 305 g/mol. The number of nitrogens with zero attached hydrogens (tertiary/aromatic N) is 4. The number of aryl methyl sites for hydroxylation is 1. The van der Waals surface area contributed by atoms with Crippen molar-refractivity contribution < 1.29 is 0 Å². The molecule has 1 aliphatic rings. The normalized spacial score (nSPS) is 16.4. The summed E-state index contributed by atoms with van der Waals surface area (Å²) in [5, 5.41) is 0.0162. The van der Waals surface area contributed by atoms with Crippen molar-refractivity contribution in [1.82, 2.24) is 19.0 Å². The van der Waals surface area contributed by atoms with E-state index in [4.69, 9.17) is 0 Å². The molecule has 0 aromatic carbocycles. The van der Waals surface area contributed by atoms with E-state index in [0.717, 1.165) is 30.7 Å². The van der Waals surface area contributed by atoms with E-state index in [1.807, 2.05) is 7.05 Å². The number of hydrogen-bond acceptors (Lipinski definition) is 5. The van der Waals surface area contributed by atoms with Gasteiger partial charge in [0.15, 0.2) is 5.43 Å². The Bertz CT molecular complexity index is 900. The summed E-state index contributed by atoms with van der Waals surface area (Å²) >= 11 is 0. The lowest BCUT2D eigenvalue weighted by Crippen LogP contribution is -2.45. The lowest BCUT2D eigenvalue weighted by atomic mass is 10.2. The minimum Gasteiger partial charge on any atom is -0.355 e. The lowest BCUT2D eigenvalue weighted by molar-refractivity contribution is 0.312. The number of hydrogen-bond donors (Lipinski definition) is 1. The Hall–Kier alpha value is -2.35. The maximum Gasteiger partial charge on any atom is 0.332 e. The Kier molecular flexibility index (Phi) is 3.40. The zero-order valence-corrected chi connectivity index (χ0v) is 12.9. The second-order valence-corrected chi connectivity index (χ2v) is 5.74. The SMILES string of the molecule is CN1CCN(c2cc(=O)c3c(=O)n(C)c(=O)n(C)c3[nH]2)CC1. The van der Waals surface area contributed by atoms with E-state index in [2.05, 4.69) is 14.8 Å². The Morgan fingerprint density at radius 3 is 2.23 bits per heavy atom. The molecule has 0 unspecified atom stereocenters. The minimum atomic E-state index is -0.565. The van der Waals surface area contributed by atoms with Crippen LogP contribution < -0.4 is 21.6 Å². The minimum absolute atomic E-state index is 0.0162. The van der Waals surface area contributed by atoms with Crippen molar-refractivity contribution in [3.05, 3.63) is 37.1 Å². The lowest BCUT2D eigenvalue weighted by Gasteiger charge is -2.33. The molecule has 0 amide bonds. The second kappa shape index (κ2) is 5.13. The molecule has 1 aliphatic heterocycles. The molecular weight excluding hydrogens is 286 g/mol. The molecule has 0 atom stereocenters. The summed E-state index contributed by atoms with van der Waals surface area (Å²) in [5.74, 6) is 0.647. The first-order chi connectivity index (χ1) is 10.4. The first-order valence-corrected chi connectivity index (χ1v) is 7.16. The fraction of sp³-hybridized carbons (Fsp3) is 0.500. The highest BCUT2D eigenvalue weighted by molar-refractivity contribution is 5.76. The molecule has 0 saturated carbocycles. The van der Waals surface area contributed by atoms with Crippen LogP contribution in [0, 0.1) is 0 Å². The number of anilines is 1. The van der Waals surface area contributed by atoms with Crippen LogP contribution in [0.3, 0.4) is 0 Å². The first kappa shape index (κ1) is 14.6. The number of aromatic nitrogens is 3. The molecule has 8 heteroatoms. The van der Waals surface area contributed by atoms with Crippen LogP contribution in [-0.2, 0) is 14.1 Å². The Balaban J connectivity index is 2.23. The van der Waals surface area contributed by atoms with Crippen LogP contribution in [0.15, 0.2) is 20.4 Å². The van der Waals surface area contributed by atoms with Crippen LogP contribution in [-0.4, -0.2) is 52.2 Å². The molecule has 22 heavy (non-hydrogen) atoms. The zero-order valence-electron chi connectivity index (χ0n) is 12.9. The number of fused-ring (bicyclic) bond motifs is 1. The predicted molar refractivity (Wildman–Crippen MR) is 84.8 cm³/mol. The van der Waals surface area contributed by atoms with Gasteiger partial charge in [0.05, 0.1) is 0 Å². The molecule has 3 rings (SSSR count). The van der Waals surface area contributed by atoms with Gasteiger partial charge in [0, 0.05) is 46.3 Å². The maximum absolute atomic E-state index is 12.4. The third-order valence-electron chi connectivity index (χ3n) is 4.27. The fourth-order valence-electron chi connectivity index (χ4n) is 2.78. The van der Waals surface area contributed by atoms with Crippen LogP contribution >= 0.6 is 0 Å². The van der Waals surface area contributed by atoms with Crippen molar-refractivity contribution in [2.45, 2.75) is 0 Å². The van der Waals surface area contributed by atoms with E-state index >= 15 is 0 Å². The molecule has 8 nitrogen and oxygen atoms in total. The summed E-state index contributed by atoms with van der Waals surface area (Å²) in [5.41, 5.74) is -1.11. The maximum atomic E-state index is 12.4. The molecule has 1 fully saturated rings.